The zero-order valence-corrected chi connectivity index (χ0v) is 12.4. The molecule has 0 radical (unpaired) electrons. The van der Waals surface area contributed by atoms with E-state index in [1.165, 1.54) is 12.3 Å². The van der Waals surface area contributed by atoms with Crippen LogP contribution in [0.4, 0.5) is 4.39 Å². The van der Waals surface area contributed by atoms with E-state index in [4.69, 9.17) is 20.8 Å². The van der Waals surface area contributed by atoms with Gasteiger partial charge in [-0.15, -0.1) is 0 Å². The predicted molar refractivity (Wildman–Crippen MR) is 77.0 cm³/mol. The molecular weight excluding hydrogens is 295 g/mol. The Kier molecular flexibility index (Phi) is 4.12. The van der Waals surface area contributed by atoms with E-state index < -0.39 is 0 Å². The van der Waals surface area contributed by atoms with E-state index >= 15 is 0 Å². The Morgan fingerprint density at radius 3 is 3.05 bits per heavy atom. The van der Waals surface area contributed by atoms with Gasteiger partial charge in [-0.2, -0.15) is 0 Å². The quantitative estimate of drug-likeness (QED) is 0.939. The van der Waals surface area contributed by atoms with Crippen LogP contribution < -0.4 is 10.1 Å². The highest BCUT2D eigenvalue weighted by molar-refractivity contribution is 6.32. The monoisotopic (exact) mass is 310 g/mol. The van der Waals surface area contributed by atoms with Crippen molar-refractivity contribution in [1.82, 2.24) is 10.3 Å². The molecule has 0 bridgehead atoms. The summed E-state index contributed by atoms with van der Waals surface area (Å²) >= 11 is 6.16. The first kappa shape index (κ1) is 14.4. The summed E-state index contributed by atoms with van der Waals surface area (Å²) in [7, 11) is 0. The van der Waals surface area contributed by atoms with Gasteiger partial charge in [-0.05, 0) is 31.5 Å². The van der Waals surface area contributed by atoms with Crippen molar-refractivity contribution < 1.29 is 13.5 Å². The van der Waals surface area contributed by atoms with Crippen molar-refractivity contribution in [3.8, 4) is 5.75 Å². The molecule has 1 saturated heterocycles. The van der Waals surface area contributed by atoms with Gasteiger partial charge in [0, 0.05) is 18.5 Å². The van der Waals surface area contributed by atoms with Gasteiger partial charge in [-0.3, -0.25) is 0 Å². The Balaban J connectivity index is 1.89. The van der Waals surface area contributed by atoms with E-state index in [1.54, 1.807) is 19.2 Å². The molecular formula is C15H16ClFN2O2. The van der Waals surface area contributed by atoms with Crippen LogP contribution in [0.25, 0.3) is 0 Å². The van der Waals surface area contributed by atoms with Gasteiger partial charge in [-0.25, -0.2) is 9.37 Å². The number of ether oxygens (including phenoxy) is 1. The van der Waals surface area contributed by atoms with Crippen LogP contribution in [0.15, 0.2) is 29.0 Å². The Hall–Kier alpha value is -1.59. The second-order valence-electron chi connectivity index (χ2n) is 5.19. The average Bonchev–Trinajstić information content (AvgIpc) is 3.14. The zero-order chi connectivity index (χ0) is 14.8. The number of oxazole rings is 1. The molecule has 6 heteroatoms. The topological polar surface area (TPSA) is 47.3 Å². The molecule has 1 aromatic heterocycles. The highest BCUT2D eigenvalue weighted by atomic mass is 35.5. The minimum Gasteiger partial charge on any atom is -0.479 e. The van der Waals surface area contributed by atoms with E-state index in [9.17, 15) is 4.39 Å². The summed E-state index contributed by atoms with van der Waals surface area (Å²) < 4.78 is 25.1. The van der Waals surface area contributed by atoms with Gasteiger partial charge in [0.2, 0.25) is 5.89 Å². The molecule has 4 nitrogen and oxygen atoms in total. The van der Waals surface area contributed by atoms with E-state index in [0.717, 1.165) is 19.5 Å². The van der Waals surface area contributed by atoms with Gasteiger partial charge in [0.15, 0.2) is 6.10 Å². The number of rotatable bonds is 4. The van der Waals surface area contributed by atoms with Gasteiger partial charge < -0.3 is 14.5 Å². The van der Waals surface area contributed by atoms with Gasteiger partial charge in [0.25, 0.3) is 0 Å². The molecule has 21 heavy (non-hydrogen) atoms. The van der Waals surface area contributed by atoms with Crippen LogP contribution in [-0.2, 0) is 0 Å². The molecule has 3 rings (SSSR count). The maximum atomic E-state index is 13.7. The molecule has 1 aromatic carbocycles. The van der Waals surface area contributed by atoms with E-state index in [1.807, 2.05) is 0 Å². The fourth-order valence-corrected chi connectivity index (χ4v) is 2.78. The number of aromatic nitrogens is 1. The molecule has 0 unspecified atom stereocenters. The second kappa shape index (κ2) is 6.03. The summed E-state index contributed by atoms with van der Waals surface area (Å²) in [4.78, 5) is 4.17. The number of hydrogen-bond donors (Lipinski definition) is 1. The third kappa shape index (κ3) is 3.04. The number of halogens is 2. The number of benzene rings is 1. The first-order valence-corrected chi connectivity index (χ1v) is 7.25. The Morgan fingerprint density at radius 2 is 2.38 bits per heavy atom. The van der Waals surface area contributed by atoms with Crippen molar-refractivity contribution in [1.29, 1.82) is 0 Å². The minimum absolute atomic E-state index is 0.212. The van der Waals surface area contributed by atoms with Gasteiger partial charge in [0.1, 0.15) is 17.8 Å². The molecule has 112 valence electrons. The number of aryl methyl sites for hydroxylation is 1. The molecule has 1 N–H and O–H groups in total. The summed E-state index contributed by atoms with van der Waals surface area (Å²) in [6.07, 6.45) is 3.64. The smallest absolute Gasteiger partial charge is 0.235 e. The van der Waals surface area contributed by atoms with E-state index in [-0.39, 0.29) is 17.8 Å². The predicted octanol–water partition coefficient (Wildman–Crippen LogP) is 3.51. The lowest BCUT2D eigenvalue weighted by molar-refractivity contribution is 0.114. The Morgan fingerprint density at radius 1 is 1.52 bits per heavy atom. The van der Waals surface area contributed by atoms with Crippen molar-refractivity contribution in [2.75, 3.05) is 13.1 Å². The number of hydrogen-bond acceptors (Lipinski definition) is 4. The summed E-state index contributed by atoms with van der Waals surface area (Å²) in [5.74, 6) is 0.671. The lowest BCUT2D eigenvalue weighted by Crippen LogP contribution is -2.22. The number of nitrogens with zero attached hydrogens (tertiary/aromatic N) is 1. The van der Waals surface area contributed by atoms with Crippen molar-refractivity contribution in [3.63, 3.8) is 0 Å². The molecule has 2 heterocycles. The van der Waals surface area contributed by atoms with Crippen molar-refractivity contribution in [2.45, 2.75) is 19.4 Å². The van der Waals surface area contributed by atoms with E-state index in [2.05, 4.69) is 10.3 Å². The molecule has 2 aromatic rings. The van der Waals surface area contributed by atoms with Crippen molar-refractivity contribution in [2.24, 2.45) is 5.92 Å². The van der Waals surface area contributed by atoms with Crippen molar-refractivity contribution >= 4 is 11.6 Å². The maximum absolute atomic E-state index is 13.7. The minimum atomic E-state index is -0.380. The van der Waals surface area contributed by atoms with Gasteiger partial charge in [0.05, 0.1) is 11.2 Å². The van der Waals surface area contributed by atoms with Crippen LogP contribution in [-0.4, -0.2) is 18.1 Å². The molecule has 0 amide bonds. The molecule has 0 aliphatic carbocycles. The zero-order valence-electron chi connectivity index (χ0n) is 11.6. The van der Waals surface area contributed by atoms with Crippen LogP contribution in [0.1, 0.15) is 24.0 Å². The summed E-state index contributed by atoms with van der Waals surface area (Å²) in [5.41, 5.74) is 0.488. The maximum Gasteiger partial charge on any atom is 0.235 e. The molecule has 0 saturated carbocycles. The van der Waals surface area contributed by atoms with Crippen LogP contribution in [0, 0.1) is 18.7 Å². The van der Waals surface area contributed by atoms with Crippen LogP contribution in [0.2, 0.25) is 5.02 Å². The van der Waals surface area contributed by atoms with Crippen LogP contribution in [0.5, 0.6) is 5.75 Å². The molecule has 0 spiro atoms. The molecule has 1 aliphatic heterocycles. The molecule has 1 fully saturated rings. The highest BCUT2D eigenvalue weighted by Gasteiger charge is 2.32. The summed E-state index contributed by atoms with van der Waals surface area (Å²) in [6, 6.07) is 2.88. The third-order valence-electron chi connectivity index (χ3n) is 3.69. The third-order valence-corrected chi connectivity index (χ3v) is 3.98. The van der Waals surface area contributed by atoms with Gasteiger partial charge in [-0.1, -0.05) is 11.6 Å². The standard InChI is InChI=1S/C15H16ClFN2O2/c1-9-6-11(16)13(7-12(9)17)21-14(10-2-3-18-8-10)15-19-4-5-20-15/h4-7,10,14,18H,2-3,8H2,1H3/t10-,14+/m0/s1. The van der Waals surface area contributed by atoms with Gasteiger partial charge >= 0.3 is 0 Å². The second-order valence-corrected chi connectivity index (χ2v) is 5.60. The Labute approximate surface area is 127 Å². The fourth-order valence-electron chi connectivity index (χ4n) is 2.51. The Bertz CT molecular complexity index is 612. The lowest BCUT2D eigenvalue weighted by atomic mass is 10.0. The van der Waals surface area contributed by atoms with Crippen molar-refractivity contribution in [3.05, 3.63) is 46.9 Å². The largest absolute Gasteiger partial charge is 0.479 e. The fraction of sp³-hybridized carbons (Fsp3) is 0.400. The SMILES string of the molecule is Cc1cc(Cl)c(O[C@@H](c2ncco2)[C@H]2CCNC2)cc1F. The normalized spacial score (nSPS) is 19.7. The highest BCUT2D eigenvalue weighted by Crippen LogP contribution is 2.35. The number of nitrogens with one attached hydrogen (secondary N) is 1. The molecule has 2 atom stereocenters. The summed E-state index contributed by atoms with van der Waals surface area (Å²) in [6.45, 7) is 3.39. The van der Waals surface area contributed by atoms with E-state index in [0.29, 0.717) is 22.2 Å². The molecule has 1 aliphatic rings. The lowest BCUT2D eigenvalue weighted by Gasteiger charge is -2.22. The summed E-state index contributed by atoms with van der Waals surface area (Å²) in [5, 5.41) is 3.66. The first-order valence-electron chi connectivity index (χ1n) is 6.87. The average molecular weight is 311 g/mol. The van der Waals surface area contributed by atoms with Crippen LogP contribution >= 0.6 is 11.6 Å². The first-order chi connectivity index (χ1) is 10.1. The van der Waals surface area contributed by atoms with Crippen LogP contribution in [0.3, 0.4) is 0 Å².